The van der Waals surface area contributed by atoms with E-state index in [2.05, 4.69) is 108 Å². The van der Waals surface area contributed by atoms with Crippen LogP contribution >= 0.6 is 0 Å². The molecule has 0 N–H and O–H groups in total. The first-order chi connectivity index (χ1) is 39.0. The molecule has 12 aromatic rings. The summed E-state index contributed by atoms with van der Waals surface area (Å²) in [6.07, 6.45) is 5.48. The van der Waals surface area contributed by atoms with Crippen LogP contribution in [-0.2, 0) is 37.3 Å². The van der Waals surface area contributed by atoms with Gasteiger partial charge in [-0.3, -0.25) is 4.57 Å². The molecule has 0 amide bonds. The summed E-state index contributed by atoms with van der Waals surface area (Å²) in [4.78, 5) is 5.26. The van der Waals surface area contributed by atoms with E-state index in [1.807, 2.05) is 60.7 Å². The third-order valence-corrected chi connectivity index (χ3v) is 14.6. The van der Waals surface area contributed by atoms with E-state index >= 15 is 0 Å². The van der Waals surface area contributed by atoms with Gasteiger partial charge in [-0.15, -0.1) is 18.2 Å². The molecule has 0 aliphatic heterocycles. The van der Waals surface area contributed by atoms with Gasteiger partial charge in [0.05, 0.1) is 35.9 Å². The van der Waals surface area contributed by atoms with Gasteiger partial charge in [-0.25, -0.2) is 0 Å². The van der Waals surface area contributed by atoms with Gasteiger partial charge >= 0.3 is 0 Å². The smallest absolute Gasteiger partial charge is 0.268 e. The molecule has 8 aromatic carbocycles. The molecule has 0 fully saturated rings. The van der Waals surface area contributed by atoms with Crippen LogP contribution < -0.4 is 9.30 Å². The molecule has 0 spiro atoms. The minimum atomic E-state index is -0.583. The topological polar surface area (TPSA) is 49.0 Å². The fourth-order valence-corrected chi connectivity index (χ4v) is 10.8. The zero-order valence-electron chi connectivity index (χ0n) is 51.3. The summed E-state index contributed by atoms with van der Waals surface area (Å²) in [7, 11) is 0. The Hall–Kier alpha value is -7.53. The summed E-state index contributed by atoms with van der Waals surface area (Å²) in [5.74, 6) is 0.598. The van der Waals surface area contributed by atoms with Gasteiger partial charge < -0.3 is 18.3 Å². The number of benzene rings is 8. The molecule has 6 nitrogen and oxygen atoms in total. The van der Waals surface area contributed by atoms with Crippen LogP contribution in [0, 0.1) is 18.5 Å². The second-order valence-electron chi connectivity index (χ2n) is 21.1. The zero-order chi connectivity index (χ0) is 57.8. The minimum Gasteiger partial charge on any atom is -0.519 e. The van der Waals surface area contributed by atoms with Crippen LogP contribution in [-0.4, -0.2) is 14.1 Å². The molecule has 0 radical (unpaired) electrons. The first-order valence-corrected chi connectivity index (χ1v) is 24.3. The molecule has 73 heavy (non-hydrogen) atoms. The summed E-state index contributed by atoms with van der Waals surface area (Å²) >= 11 is 0. The predicted octanol–water partition coefficient (Wildman–Crippen LogP) is 16.5. The van der Waals surface area contributed by atoms with Crippen molar-refractivity contribution in [2.24, 2.45) is 0 Å². The summed E-state index contributed by atoms with van der Waals surface area (Å²) < 4.78 is 109. The first-order valence-electron chi connectivity index (χ1n) is 29.3. The fraction of sp³-hybridized carbons (Fsp3) is 0.182. The monoisotopic (exact) mass is 1140 g/mol. The number of pyridine rings is 1. The molecule has 7 heteroatoms. The maximum absolute atomic E-state index is 9.23. The van der Waals surface area contributed by atoms with Crippen LogP contribution in [0.25, 0.3) is 94.2 Å². The number of nitrogens with zero attached hydrogens (tertiary/aromatic N) is 4. The number of fused-ring (bicyclic) bond motifs is 9. The standard InChI is InChI=1S/C66H54N4O2.Pt/c1-64(2,3)44-24-18-25-45(38-44)70-54-29-15-14-26-49(54)51-33-35-58(67-63(51)70)71-46-39-52-50-32-34-53-59(66(6,7)37-36-65(53,4)5)62(50)72-61(52)57(40-46)68-41-69(56-31-17-16-30-55(56)68)60-47(42-20-10-8-11-21-42)27-19-28-48(60)43-22-12-9-13-23-43;/h8-24,26-35,38-39H,36-37H2,1-7H3;/q-2;/i8D,9D,10D,11D,12D,13D,20D,21D,22D,23D;. The zero-order valence-corrected chi connectivity index (χ0v) is 43.6. The Labute approximate surface area is 454 Å². The van der Waals surface area contributed by atoms with E-state index in [0.29, 0.717) is 39.6 Å². The number of ether oxygens (including phenoxy) is 1. The third-order valence-electron chi connectivity index (χ3n) is 14.6. The Morgan fingerprint density at radius 3 is 2.08 bits per heavy atom. The van der Waals surface area contributed by atoms with Crippen molar-refractivity contribution in [3.63, 3.8) is 0 Å². The van der Waals surface area contributed by atoms with E-state index in [-0.39, 0.29) is 65.3 Å². The number of rotatable bonds is 7. The van der Waals surface area contributed by atoms with Crippen molar-refractivity contribution < 1.29 is 48.5 Å². The van der Waals surface area contributed by atoms with E-state index in [0.717, 1.165) is 62.3 Å². The Morgan fingerprint density at radius 2 is 1.36 bits per heavy atom. The number of para-hydroxylation sites is 4. The molecule has 0 atom stereocenters. The maximum Gasteiger partial charge on any atom is 0.268 e. The van der Waals surface area contributed by atoms with Crippen molar-refractivity contribution >= 4 is 54.9 Å². The molecule has 0 bridgehead atoms. The van der Waals surface area contributed by atoms with Crippen molar-refractivity contribution in [3.05, 3.63) is 211 Å². The first kappa shape index (κ1) is 36.4. The summed E-state index contributed by atoms with van der Waals surface area (Å²) in [5.41, 5.74) is 8.11. The third kappa shape index (κ3) is 7.64. The molecule has 13 rings (SSSR count). The van der Waals surface area contributed by atoms with Gasteiger partial charge in [-0.2, -0.15) is 28.7 Å². The average Bonchev–Trinajstić information content (AvgIpc) is 2.21. The van der Waals surface area contributed by atoms with Crippen molar-refractivity contribution in [2.45, 2.75) is 77.6 Å². The maximum atomic E-state index is 9.23. The molecule has 0 saturated heterocycles. The number of furan rings is 1. The number of hydrogen-bond donors (Lipinski definition) is 0. The van der Waals surface area contributed by atoms with Gasteiger partial charge in [-0.05, 0) is 74.7 Å². The molecule has 0 saturated carbocycles. The Balaban J connectivity index is 0.00000680. The number of aromatic nitrogens is 4. The molecule has 4 aromatic heterocycles. The minimum absolute atomic E-state index is 0. The molecule has 362 valence electrons. The average molecular weight is 1140 g/mol. The summed E-state index contributed by atoms with van der Waals surface area (Å²) in [5, 5.41) is 3.53. The fourth-order valence-electron chi connectivity index (χ4n) is 10.8. The second-order valence-corrected chi connectivity index (χ2v) is 21.1. The van der Waals surface area contributed by atoms with Gasteiger partial charge in [0.15, 0.2) is 0 Å². The van der Waals surface area contributed by atoms with E-state index in [4.69, 9.17) is 22.4 Å². The van der Waals surface area contributed by atoms with Gasteiger partial charge in [-0.1, -0.05) is 193 Å². The molecule has 1 aliphatic rings. The van der Waals surface area contributed by atoms with E-state index < -0.39 is 60.4 Å². The van der Waals surface area contributed by atoms with Crippen LogP contribution in [0.1, 0.15) is 91.7 Å². The molecular formula is C66H54N4O2Pt-2. The normalized spacial score (nSPS) is 16.2. The van der Waals surface area contributed by atoms with Gasteiger partial charge in [0.25, 0.3) is 6.33 Å². The van der Waals surface area contributed by atoms with Crippen molar-refractivity contribution in [3.8, 4) is 50.9 Å². The quantitative estimate of drug-likeness (QED) is 0.118. The van der Waals surface area contributed by atoms with E-state index in [1.165, 1.54) is 5.56 Å². The SMILES string of the molecule is [2H]c1c([2H])c([2H])c(-c2cccc(-c3c([2H])c([2H])c([2H])c([2H])c3[2H])c2-[n+]2[c-]n(-c3[c-]c(Oc4ccc5c6ccccc6n(-c6[c-]ccc(C(C)(C)C)c6)c5n4)cc4c3oc3c5c(ccc34)C(C)(C)CCC5(C)C)c3ccccc32)c([2H])c1[2H].[Pt]. The van der Waals surface area contributed by atoms with Crippen LogP contribution in [0.15, 0.2) is 180 Å². The van der Waals surface area contributed by atoms with E-state index in [9.17, 15) is 5.48 Å². The summed E-state index contributed by atoms with van der Waals surface area (Å²) in [6, 6.07) is 38.3. The number of imidazole rings is 1. The van der Waals surface area contributed by atoms with E-state index in [1.54, 1.807) is 27.3 Å². The largest absolute Gasteiger partial charge is 0.519 e. The van der Waals surface area contributed by atoms with Crippen LogP contribution in [0.5, 0.6) is 11.6 Å². The van der Waals surface area contributed by atoms with Crippen molar-refractivity contribution in [1.29, 1.82) is 0 Å². The van der Waals surface area contributed by atoms with Crippen LogP contribution in [0.3, 0.4) is 0 Å². The van der Waals surface area contributed by atoms with Gasteiger partial charge in [0, 0.05) is 60.2 Å². The number of hydrogen-bond acceptors (Lipinski definition) is 3. The van der Waals surface area contributed by atoms with Crippen molar-refractivity contribution in [2.75, 3.05) is 0 Å². The second kappa shape index (κ2) is 17.3. The van der Waals surface area contributed by atoms with Gasteiger partial charge in [0.2, 0.25) is 5.88 Å². The molecular weight excluding hydrogens is 1080 g/mol. The van der Waals surface area contributed by atoms with Crippen LogP contribution in [0.4, 0.5) is 0 Å². The molecule has 0 unspecified atom stereocenters. The van der Waals surface area contributed by atoms with Crippen molar-refractivity contribution in [1.82, 2.24) is 14.1 Å². The Kier molecular flexibility index (Phi) is 8.63. The predicted molar refractivity (Wildman–Crippen MR) is 292 cm³/mol. The van der Waals surface area contributed by atoms with Gasteiger partial charge in [0.1, 0.15) is 11.2 Å². The summed E-state index contributed by atoms with van der Waals surface area (Å²) in [6.45, 7) is 15.6. The molecule has 1 aliphatic carbocycles. The molecule has 4 heterocycles. The Bertz CT molecular complexity index is 4600. The van der Waals surface area contributed by atoms with Crippen LogP contribution in [0.2, 0.25) is 0 Å². The Morgan fingerprint density at radius 1 is 0.685 bits per heavy atom.